The van der Waals surface area contributed by atoms with Crippen molar-refractivity contribution < 1.29 is 9.84 Å². The normalized spacial score (nSPS) is 34.2. The first kappa shape index (κ1) is 8.02. The summed E-state index contributed by atoms with van der Waals surface area (Å²) in [6.07, 6.45) is 2.32. The average Bonchev–Trinajstić information content (AvgIpc) is 2.05. The Bertz CT molecular complexity index is 83.3. The molecule has 1 fully saturated rings. The van der Waals surface area contributed by atoms with Crippen molar-refractivity contribution in [3.63, 3.8) is 0 Å². The lowest BCUT2D eigenvalue weighted by atomic mass is 9.92. The van der Waals surface area contributed by atoms with Crippen LogP contribution < -0.4 is 0 Å². The maximum atomic E-state index is 8.82. The van der Waals surface area contributed by atoms with Gasteiger partial charge in [0.2, 0.25) is 0 Å². The number of aliphatic hydroxyl groups excluding tert-OH is 1. The SMILES string of the molecule is CC[C@@H]1COC[C@@H](CO)C1. The first-order chi connectivity index (χ1) is 4.86. The van der Waals surface area contributed by atoms with E-state index in [-0.39, 0.29) is 6.61 Å². The summed E-state index contributed by atoms with van der Waals surface area (Å²) in [7, 11) is 0. The summed E-state index contributed by atoms with van der Waals surface area (Å²) >= 11 is 0. The quantitative estimate of drug-likeness (QED) is 0.627. The van der Waals surface area contributed by atoms with Crippen LogP contribution >= 0.6 is 0 Å². The number of hydrogen-bond donors (Lipinski definition) is 1. The van der Waals surface area contributed by atoms with Gasteiger partial charge in [0.1, 0.15) is 0 Å². The Morgan fingerprint density at radius 1 is 1.40 bits per heavy atom. The minimum Gasteiger partial charge on any atom is -0.396 e. The van der Waals surface area contributed by atoms with Crippen LogP contribution in [0.4, 0.5) is 0 Å². The molecular formula is C8H16O2. The average molecular weight is 144 g/mol. The van der Waals surface area contributed by atoms with Gasteiger partial charge in [-0.25, -0.2) is 0 Å². The first-order valence-corrected chi connectivity index (χ1v) is 4.05. The highest BCUT2D eigenvalue weighted by Crippen LogP contribution is 2.21. The third-order valence-corrected chi connectivity index (χ3v) is 2.21. The van der Waals surface area contributed by atoms with E-state index in [4.69, 9.17) is 9.84 Å². The second kappa shape index (κ2) is 3.94. The maximum absolute atomic E-state index is 8.82. The van der Waals surface area contributed by atoms with Crippen LogP contribution in [-0.2, 0) is 4.74 Å². The van der Waals surface area contributed by atoms with Crippen LogP contribution in [0, 0.1) is 11.8 Å². The zero-order valence-corrected chi connectivity index (χ0v) is 6.55. The van der Waals surface area contributed by atoms with E-state index in [1.54, 1.807) is 0 Å². The number of aliphatic hydroxyl groups is 1. The lowest BCUT2D eigenvalue weighted by Crippen LogP contribution is -2.27. The van der Waals surface area contributed by atoms with Crippen LogP contribution in [0.5, 0.6) is 0 Å². The number of rotatable bonds is 2. The Hall–Kier alpha value is -0.0800. The van der Waals surface area contributed by atoms with Crippen LogP contribution in [0.1, 0.15) is 19.8 Å². The molecule has 2 nitrogen and oxygen atoms in total. The summed E-state index contributed by atoms with van der Waals surface area (Å²) < 4.78 is 5.32. The van der Waals surface area contributed by atoms with Gasteiger partial charge in [0.25, 0.3) is 0 Å². The molecule has 0 amide bonds. The number of hydrogen-bond acceptors (Lipinski definition) is 2. The molecule has 1 heterocycles. The molecular weight excluding hydrogens is 128 g/mol. The Kier molecular flexibility index (Phi) is 3.16. The van der Waals surface area contributed by atoms with Gasteiger partial charge in [-0.2, -0.15) is 0 Å². The molecule has 1 aliphatic heterocycles. The van der Waals surface area contributed by atoms with Gasteiger partial charge in [-0.3, -0.25) is 0 Å². The Morgan fingerprint density at radius 2 is 2.10 bits per heavy atom. The van der Waals surface area contributed by atoms with E-state index in [9.17, 15) is 0 Å². The van der Waals surface area contributed by atoms with Gasteiger partial charge < -0.3 is 9.84 Å². The van der Waals surface area contributed by atoms with Crippen LogP contribution in [0.2, 0.25) is 0 Å². The highest BCUT2D eigenvalue weighted by molar-refractivity contribution is 4.68. The molecule has 60 valence electrons. The fourth-order valence-electron chi connectivity index (χ4n) is 1.42. The standard InChI is InChI=1S/C8H16O2/c1-2-7-3-8(4-9)6-10-5-7/h7-9H,2-6H2,1H3/t7-,8+/m0/s1. The van der Waals surface area contributed by atoms with Gasteiger partial charge in [0.15, 0.2) is 0 Å². The highest BCUT2D eigenvalue weighted by atomic mass is 16.5. The number of ether oxygens (including phenoxy) is 1. The molecule has 1 aliphatic rings. The van der Waals surface area contributed by atoms with Crippen molar-refractivity contribution in [3.05, 3.63) is 0 Å². The highest BCUT2D eigenvalue weighted by Gasteiger charge is 2.19. The summed E-state index contributed by atoms with van der Waals surface area (Å²) in [6, 6.07) is 0. The first-order valence-electron chi connectivity index (χ1n) is 4.05. The largest absolute Gasteiger partial charge is 0.396 e. The van der Waals surface area contributed by atoms with Gasteiger partial charge in [-0.1, -0.05) is 13.3 Å². The van der Waals surface area contributed by atoms with E-state index in [2.05, 4.69) is 6.92 Å². The van der Waals surface area contributed by atoms with Crippen LogP contribution in [0.25, 0.3) is 0 Å². The fraction of sp³-hybridized carbons (Fsp3) is 1.00. The predicted octanol–water partition coefficient (Wildman–Crippen LogP) is 1.04. The molecule has 2 heteroatoms. The summed E-state index contributed by atoms with van der Waals surface area (Å²) in [6.45, 7) is 4.12. The molecule has 0 aromatic heterocycles. The molecule has 0 spiro atoms. The predicted molar refractivity (Wildman–Crippen MR) is 39.8 cm³/mol. The van der Waals surface area contributed by atoms with Gasteiger partial charge in [0.05, 0.1) is 6.61 Å². The molecule has 2 atom stereocenters. The van der Waals surface area contributed by atoms with E-state index in [0.717, 1.165) is 19.6 Å². The van der Waals surface area contributed by atoms with Crippen molar-refractivity contribution >= 4 is 0 Å². The minimum atomic E-state index is 0.288. The van der Waals surface area contributed by atoms with Crippen LogP contribution in [0.3, 0.4) is 0 Å². The van der Waals surface area contributed by atoms with Crippen molar-refractivity contribution in [1.82, 2.24) is 0 Å². The summed E-state index contributed by atoms with van der Waals surface area (Å²) in [5.74, 6) is 1.09. The Balaban J connectivity index is 2.25. The molecule has 10 heavy (non-hydrogen) atoms. The zero-order chi connectivity index (χ0) is 7.40. The van der Waals surface area contributed by atoms with Crippen molar-refractivity contribution in [2.24, 2.45) is 11.8 Å². The van der Waals surface area contributed by atoms with E-state index in [0.29, 0.717) is 11.8 Å². The van der Waals surface area contributed by atoms with E-state index >= 15 is 0 Å². The zero-order valence-electron chi connectivity index (χ0n) is 6.55. The third-order valence-electron chi connectivity index (χ3n) is 2.21. The lowest BCUT2D eigenvalue weighted by Gasteiger charge is -2.26. The molecule has 0 bridgehead atoms. The van der Waals surface area contributed by atoms with Crippen molar-refractivity contribution in [3.8, 4) is 0 Å². The third kappa shape index (κ3) is 1.96. The minimum absolute atomic E-state index is 0.288. The Labute approximate surface area is 62.2 Å². The van der Waals surface area contributed by atoms with Crippen molar-refractivity contribution in [2.45, 2.75) is 19.8 Å². The van der Waals surface area contributed by atoms with Gasteiger partial charge >= 0.3 is 0 Å². The molecule has 0 radical (unpaired) electrons. The molecule has 0 unspecified atom stereocenters. The summed E-state index contributed by atoms with van der Waals surface area (Å²) in [5.41, 5.74) is 0. The smallest absolute Gasteiger partial charge is 0.0516 e. The molecule has 1 N–H and O–H groups in total. The summed E-state index contributed by atoms with van der Waals surface area (Å²) in [4.78, 5) is 0. The van der Waals surface area contributed by atoms with E-state index in [1.165, 1.54) is 6.42 Å². The van der Waals surface area contributed by atoms with Crippen molar-refractivity contribution in [2.75, 3.05) is 19.8 Å². The van der Waals surface area contributed by atoms with Crippen LogP contribution in [-0.4, -0.2) is 24.9 Å². The van der Waals surface area contributed by atoms with E-state index in [1.807, 2.05) is 0 Å². The second-order valence-corrected chi connectivity index (χ2v) is 3.10. The Morgan fingerprint density at radius 3 is 2.70 bits per heavy atom. The molecule has 0 aromatic rings. The molecule has 1 rings (SSSR count). The molecule has 0 saturated carbocycles. The summed E-state index contributed by atoms with van der Waals surface area (Å²) in [5, 5.41) is 8.82. The topological polar surface area (TPSA) is 29.5 Å². The lowest BCUT2D eigenvalue weighted by molar-refractivity contribution is -0.00534. The molecule has 1 saturated heterocycles. The van der Waals surface area contributed by atoms with E-state index < -0.39 is 0 Å². The monoisotopic (exact) mass is 144 g/mol. The van der Waals surface area contributed by atoms with Crippen LogP contribution in [0.15, 0.2) is 0 Å². The fourth-order valence-corrected chi connectivity index (χ4v) is 1.42. The maximum Gasteiger partial charge on any atom is 0.0516 e. The van der Waals surface area contributed by atoms with Gasteiger partial charge in [-0.15, -0.1) is 0 Å². The molecule has 0 aromatic carbocycles. The molecule has 0 aliphatic carbocycles. The van der Waals surface area contributed by atoms with Crippen molar-refractivity contribution in [1.29, 1.82) is 0 Å². The second-order valence-electron chi connectivity index (χ2n) is 3.10. The van der Waals surface area contributed by atoms with Gasteiger partial charge in [0, 0.05) is 19.1 Å². The van der Waals surface area contributed by atoms with Gasteiger partial charge in [-0.05, 0) is 12.3 Å².